The highest BCUT2D eigenvalue weighted by atomic mass is 35.5. The van der Waals surface area contributed by atoms with E-state index in [2.05, 4.69) is 15.8 Å². The van der Waals surface area contributed by atoms with Crippen LogP contribution in [0.5, 0.6) is 5.75 Å². The van der Waals surface area contributed by atoms with E-state index < -0.39 is 16.7 Å². The van der Waals surface area contributed by atoms with Crippen LogP contribution in [0.3, 0.4) is 0 Å². The molecule has 0 aromatic heterocycles. The summed E-state index contributed by atoms with van der Waals surface area (Å²) in [4.78, 5) is 34.8. The molecular formula is C21H15ClN4O5. The second kappa shape index (κ2) is 9.51. The lowest BCUT2D eigenvalue weighted by Crippen LogP contribution is -2.18. The number of benzene rings is 3. The van der Waals surface area contributed by atoms with E-state index in [-0.39, 0.29) is 22.6 Å². The van der Waals surface area contributed by atoms with Crippen LogP contribution in [0.2, 0.25) is 5.02 Å². The number of carbonyl (C=O) groups excluding carboxylic acids is 2. The highest BCUT2D eigenvalue weighted by molar-refractivity contribution is 6.30. The molecule has 3 N–H and O–H groups in total. The number of amides is 2. The highest BCUT2D eigenvalue weighted by Gasteiger charge is 2.11. The Morgan fingerprint density at radius 1 is 1.00 bits per heavy atom. The van der Waals surface area contributed by atoms with Crippen LogP contribution in [-0.4, -0.2) is 28.1 Å². The van der Waals surface area contributed by atoms with Crippen molar-refractivity contribution in [3.63, 3.8) is 0 Å². The van der Waals surface area contributed by atoms with Crippen LogP contribution in [0.1, 0.15) is 26.3 Å². The van der Waals surface area contributed by atoms with Gasteiger partial charge in [0, 0.05) is 39.5 Å². The minimum Gasteiger partial charge on any atom is -0.507 e. The van der Waals surface area contributed by atoms with E-state index in [4.69, 9.17) is 11.6 Å². The van der Waals surface area contributed by atoms with E-state index in [0.29, 0.717) is 16.3 Å². The zero-order chi connectivity index (χ0) is 22.4. The number of phenolic OH excluding ortho intramolecular Hbond substituents is 1. The average molecular weight is 439 g/mol. The van der Waals surface area contributed by atoms with Crippen LogP contribution >= 0.6 is 11.6 Å². The zero-order valence-corrected chi connectivity index (χ0v) is 16.5. The Balaban J connectivity index is 1.65. The molecule has 156 valence electrons. The molecule has 0 bridgehead atoms. The van der Waals surface area contributed by atoms with Crippen molar-refractivity contribution in [1.82, 2.24) is 5.43 Å². The molecule has 0 atom stereocenters. The molecule has 0 saturated heterocycles. The summed E-state index contributed by atoms with van der Waals surface area (Å²) in [5, 5.41) is 27.3. The van der Waals surface area contributed by atoms with Crippen molar-refractivity contribution in [3.8, 4) is 5.75 Å². The lowest BCUT2D eigenvalue weighted by molar-refractivity contribution is -0.384. The normalized spacial score (nSPS) is 10.6. The number of hydrogen-bond acceptors (Lipinski definition) is 6. The number of anilines is 1. The molecule has 2 amide bonds. The largest absolute Gasteiger partial charge is 0.507 e. The van der Waals surface area contributed by atoms with Crippen LogP contribution in [0.4, 0.5) is 11.4 Å². The predicted octanol–water partition coefficient (Wildman–Crippen LogP) is 3.97. The quantitative estimate of drug-likeness (QED) is 0.304. The molecule has 0 fully saturated rings. The fourth-order valence-electron chi connectivity index (χ4n) is 2.53. The van der Waals surface area contributed by atoms with E-state index in [1.807, 2.05) is 0 Å². The minimum absolute atomic E-state index is 0.0432. The third-order valence-electron chi connectivity index (χ3n) is 4.08. The van der Waals surface area contributed by atoms with Gasteiger partial charge in [0.2, 0.25) is 0 Å². The van der Waals surface area contributed by atoms with Gasteiger partial charge in [-0.1, -0.05) is 17.7 Å². The fraction of sp³-hybridized carbons (Fsp3) is 0. The number of phenols is 1. The summed E-state index contributed by atoms with van der Waals surface area (Å²) in [5.41, 5.74) is 3.34. The van der Waals surface area contributed by atoms with E-state index in [0.717, 1.165) is 0 Å². The number of hydrazone groups is 1. The van der Waals surface area contributed by atoms with Gasteiger partial charge >= 0.3 is 0 Å². The van der Waals surface area contributed by atoms with Crippen molar-refractivity contribution in [1.29, 1.82) is 0 Å². The summed E-state index contributed by atoms with van der Waals surface area (Å²) < 4.78 is 0. The third-order valence-corrected chi connectivity index (χ3v) is 4.32. The molecule has 0 aliphatic heterocycles. The van der Waals surface area contributed by atoms with E-state index in [1.54, 1.807) is 12.1 Å². The predicted molar refractivity (Wildman–Crippen MR) is 116 cm³/mol. The molecule has 0 spiro atoms. The second-order valence-electron chi connectivity index (χ2n) is 6.24. The summed E-state index contributed by atoms with van der Waals surface area (Å²) >= 11 is 5.85. The van der Waals surface area contributed by atoms with Crippen molar-refractivity contribution >= 4 is 41.0 Å². The number of hydrogen-bond donors (Lipinski definition) is 3. The number of non-ortho nitro benzene ring substituents is 1. The molecule has 3 aromatic carbocycles. The molecule has 0 radical (unpaired) electrons. The maximum absolute atomic E-state index is 12.3. The van der Waals surface area contributed by atoms with Crippen LogP contribution in [-0.2, 0) is 0 Å². The lowest BCUT2D eigenvalue weighted by Gasteiger charge is -2.07. The van der Waals surface area contributed by atoms with Gasteiger partial charge in [-0.2, -0.15) is 5.10 Å². The number of aromatic hydroxyl groups is 1. The fourth-order valence-corrected chi connectivity index (χ4v) is 2.71. The molecule has 10 heteroatoms. The first kappa shape index (κ1) is 21.5. The number of halogens is 1. The molecular weight excluding hydrogens is 424 g/mol. The van der Waals surface area contributed by atoms with E-state index in [9.17, 15) is 24.8 Å². The van der Waals surface area contributed by atoms with E-state index >= 15 is 0 Å². The Hall–Kier alpha value is -4.24. The lowest BCUT2D eigenvalue weighted by atomic mass is 10.1. The number of nitro groups is 1. The Bertz CT molecular complexity index is 1180. The van der Waals surface area contributed by atoms with Gasteiger partial charge in [-0.3, -0.25) is 19.7 Å². The van der Waals surface area contributed by atoms with Crippen LogP contribution in [0.25, 0.3) is 0 Å². The van der Waals surface area contributed by atoms with Gasteiger partial charge in [0.1, 0.15) is 5.75 Å². The molecule has 9 nitrogen and oxygen atoms in total. The Kier molecular flexibility index (Phi) is 6.58. The van der Waals surface area contributed by atoms with Gasteiger partial charge in [-0.05, 0) is 48.5 Å². The molecule has 31 heavy (non-hydrogen) atoms. The van der Waals surface area contributed by atoms with Gasteiger partial charge in [0.25, 0.3) is 17.5 Å². The molecule has 0 saturated carbocycles. The third kappa shape index (κ3) is 5.64. The first-order valence-electron chi connectivity index (χ1n) is 8.81. The Labute approximate surface area is 181 Å². The Morgan fingerprint density at radius 3 is 2.45 bits per heavy atom. The smallest absolute Gasteiger partial charge is 0.271 e. The average Bonchev–Trinajstić information content (AvgIpc) is 2.76. The standard InChI is InChI=1S/C21H15ClN4O5/c22-16-6-9-19(27)15(10-16)12-23-25-21(29)14-2-1-3-17(11-14)24-20(28)13-4-7-18(8-5-13)26(30)31/h1-12,27H,(H,24,28)(H,25,29). The van der Waals surface area contributed by atoms with Crippen LogP contribution < -0.4 is 10.7 Å². The van der Waals surface area contributed by atoms with Gasteiger partial charge in [-0.25, -0.2) is 5.43 Å². The second-order valence-corrected chi connectivity index (χ2v) is 6.68. The summed E-state index contributed by atoms with van der Waals surface area (Å²) in [6.45, 7) is 0. The number of nitrogens with zero attached hydrogens (tertiary/aromatic N) is 2. The Morgan fingerprint density at radius 2 is 1.74 bits per heavy atom. The van der Waals surface area contributed by atoms with Crippen molar-refractivity contribution in [2.45, 2.75) is 0 Å². The summed E-state index contributed by atoms with van der Waals surface area (Å²) in [7, 11) is 0. The maximum atomic E-state index is 12.3. The summed E-state index contributed by atoms with van der Waals surface area (Å²) in [6.07, 6.45) is 1.25. The topological polar surface area (TPSA) is 134 Å². The number of carbonyl (C=O) groups is 2. The van der Waals surface area contributed by atoms with Crippen molar-refractivity contribution in [3.05, 3.63) is 98.6 Å². The molecule has 0 aliphatic carbocycles. The number of rotatable bonds is 6. The molecule has 3 rings (SSSR count). The number of nitro benzene ring substituents is 1. The monoisotopic (exact) mass is 438 g/mol. The summed E-state index contributed by atoms with van der Waals surface area (Å²) in [6, 6.07) is 15.7. The zero-order valence-electron chi connectivity index (χ0n) is 15.8. The number of nitrogens with one attached hydrogen (secondary N) is 2. The molecule has 0 unspecified atom stereocenters. The van der Waals surface area contributed by atoms with Crippen LogP contribution in [0.15, 0.2) is 71.8 Å². The molecule has 3 aromatic rings. The SMILES string of the molecule is O=C(NN=Cc1cc(Cl)ccc1O)c1cccc(NC(=O)c2ccc([N+](=O)[O-])cc2)c1. The first-order chi connectivity index (χ1) is 14.8. The van der Waals surface area contributed by atoms with Gasteiger partial charge in [0.15, 0.2) is 0 Å². The van der Waals surface area contributed by atoms with E-state index in [1.165, 1.54) is 60.8 Å². The van der Waals surface area contributed by atoms with Crippen molar-refractivity contribution < 1.29 is 19.6 Å². The summed E-state index contributed by atoms with van der Waals surface area (Å²) in [5.74, 6) is -1.07. The van der Waals surface area contributed by atoms with Crippen molar-refractivity contribution in [2.24, 2.45) is 5.10 Å². The van der Waals surface area contributed by atoms with Gasteiger partial charge in [-0.15, -0.1) is 0 Å². The van der Waals surface area contributed by atoms with Crippen LogP contribution in [0, 0.1) is 10.1 Å². The van der Waals surface area contributed by atoms with Crippen molar-refractivity contribution in [2.75, 3.05) is 5.32 Å². The molecule has 0 heterocycles. The maximum Gasteiger partial charge on any atom is 0.271 e. The first-order valence-corrected chi connectivity index (χ1v) is 9.19. The molecule has 0 aliphatic rings. The van der Waals surface area contributed by atoms with Gasteiger partial charge < -0.3 is 10.4 Å². The highest BCUT2D eigenvalue weighted by Crippen LogP contribution is 2.19. The van der Waals surface area contributed by atoms with Gasteiger partial charge in [0.05, 0.1) is 11.1 Å². The minimum atomic E-state index is -0.556.